The second-order valence-corrected chi connectivity index (χ2v) is 7.59. The largest absolute Gasteiger partial charge is 0.376 e. The van der Waals surface area contributed by atoms with Crippen LogP contribution < -0.4 is 5.32 Å². The van der Waals surface area contributed by atoms with E-state index in [2.05, 4.69) is 10.3 Å². The Balaban J connectivity index is 1.58. The van der Waals surface area contributed by atoms with Gasteiger partial charge in [0.25, 0.3) is 5.91 Å². The standard InChI is InChI=1S/C16H20N2O2S2/c19-15(18-10-13-5-3-8-20-13)14-6-2-1-4-12(14)11-22-16-17-7-9-21-16/h1-2,4,6,13H,3,5,7-11H2,(H,18,19). The maximum Gasteiger partial charge on any atom is 0.251 e. The molecule has 1 aromatic rings. The molecule has 1 unspecified atom stereocenters. The van der Waals surface area contributed by atoms with Crippen molar-refractivity contribution >= 4 is 33.8 Å². The van der Waals surface area contributed by atoms with Crippen molar-refractivity contribution in [2.75, 3.05) is 25.4 Å². The van der Waals surface area contributed by atoms with Gasteiger partial charge in [-0.15, -0.1) is 0 Å². The molecule has 2 aliphatic heterocycles. The number of aliphatic imine (C=N–C) groups is 1. The molecule has 4 nitrogen and oxygen atoms in total. The maximum absolute atomic E-state index is 12.4. The highest BCUT2D eigenvalue weighted by molar-refractivity contribution is 8.38. The third kappa shape index (κ3) is 4.27. The first-order valence-corrected chi connectivity index (χ1v) is 9.58. The van der Waals surface area contributed by atoms with E-state index in [1.54, 1.807) is 23.5 Å². The van der Waals surface area contributed by atoms with E-state index in [1.807, 2.05) is 24.3 Å². The molecule has 6 heteroatoms. The van der Waals surface area contributed by atoms with E-state index in [1.165, 1.54) is 0 Å². The van der Waals surface area contributed by atoms with Crippen LogP contribution in [0.4, 0.5) is 0 Å². The van der Waals surface area contributed by atoms with Crippen LogP contribution in [-0.4, -0.2) is 41.8 Å². The van der Waals surface area contributed by atoms with Gasteiger partial charge in [-0.25, -0.2) is 0 Å². The first-order valence-electron chi connectivity index (χ1n) is 7.60. The summed E-state index contributed by atoms with van der Waals surface area (Å²) >= 11 is 3.52. The molecule has 0 aromatic heterocycles. The van der Waals surface area contributed by atoms with Gasteiger partial charge in [0, 0.05) is 30.2 Å². The molecule has 0 saturated carbocycles. The average Bonchev–Trinajstić information content (AvgIpc) is 3.24. The minimum atomic E-state index is -0.00675. The van der Waals surface area contributed by atoms with Gasteiger partial charge >= 0.3 is 0 Å². The number of thioether (sulfide) groups is 2. The Kier molecular flexibility index (Phi) is 5.81. The summed E-state index contributed by atoms with van der Waals surface area (Å²) in [7, 11) is 0. The molecule has 0 radical (unpaired) electrons. The van der Waals surface area contributed by atoms with Gasteiger partial charge in [0.05, 0.1) is 12.6 Å². The van der Waals surface area contributed by atoms with E-state index in [4.69, 9.17) is 4.74 Å². The Hall–Kier alpha value is -0.980. The van der Waals surface area contributed by atoms with Crippen LogP contribution in [0.3, 0.4) is 0 Å². The van der Waals surface area contributed by atoms with Crippen molar-refractivity contribution in [1.29, 1.82) is 0 Å². The number of carbonyl (C=O) groups is 1. The molecule has 0 aliphatic carbocycles. The number of hydrogen-bond donors (Lipinski definition) is 1. The third-order valence-electron chi connectivity index (χ3n) is 3.69. The number of rotatable bonds is 5. The Morgan fingerprint density at radius 3 is 3.14 bits per heavy atom. The number of benzene rings is 1. The Bertz CT molecular complexity index is 557. The van der Waals surface area contributed by atoms with E-state index in [0.717, 1.165) is 53.0 Å². The molecule has 2 heterocycles. The summed E-state index contributed by atoms with van der Waals surface area (Å²) in [5.41, 5.74) is 1.82. The number of nitrogens with one attached hydrogen (secondary N) is 1. The van der Waals surface area contributed by atoms with Gasteiger partial charge in [0.1, 0.15) is 4.38 Å². The molecule has 1 atom stereocenters. The van der Waals surface area contributed by atoms with Crippen LogP contribution in [-0.2, 0) is 10.5 Å². The molecule has 1 aromatic carbocycles. The molecule has 1 N–H and O–H groups in total. The summed E-state index contributed by atoms with van der Waals surface area (Å²) in [6.45, 7) is 2.33. The van der Waals surface area contributed by atoms with Gasteiger partial charge in [-0.05, 0) is 24.5 Å². The van der Waals surface area contributed by atoms with Gasteiger partial charge in [0.15, 0.2) is 0 Å². The monoisotopic (exact) mass is 336 g/mol. The molecule has 1 fully saturated rings. The molecule has 1 saturated heterocycles. The lowest BCUT2D eigenvalue weighted by Gasteiger charge is -2.13. The topological polar surface area (TPSA) is 50.7 Å². The Morgan fingerprint density at radius 1 is 1.45 bits per heavy atom. The highest BCUT2D eigenvalue weighted by atomic mass is 32.2. The van der Waals surface area contributed by atoms with Crippen LogP contribution in [0.25, 0.3) is 0 Å². The predicted octanol–water partition coefficient (Wildman–Crippen LogP) is 2.93. The third-order valence-corrected chi connectivity index (χ3v) is 5.99. The smallest absolute Gasteiger partial charge is 0.251 e. The van der Waals surface area contributed by atoms with Crippen molar-refractivity contribution in [2.24, 2.45) is 4.99 Å². The van der Waals surface area contributed by atoms with Crippen molar-refractivity contribution in [1.82, 2.24) is 5.32 Å². The lowest BCUT2D eigenvalue weighted by molar-refractivity contribution is 0.0857. The van der Waals surface area contributed by atoms with Gasteiger partial charge in [0.2, 0.25) is 0 Å². The fraction of sp³-hybridized carbons (Fsp3) is 0.500. The first-order chi connectivity index (χ1) is 10.8. The van der Waals surface area contributed by atoms with E-state index >= 15 is 0 Å². The second-order valence-electron chi connectivity index (χ2n) is 5.29. The normalized spacial score (nSPS) is 20.9. The molecule has 0 spiro atoms. The predicted molar refractivity (Wildman–Crippen MR) is 93.8 cm³/mol. The van der Waals surface area contributed by atoms with Gasteiger partial charge in [-0.2, -0.15) is 0 Å². The summed E-state index contributed by atoms with van der Waals surface area (Å²) in [4.78, 5) is 16.8. The molecule has 22 heavy (non-hydrogen) atoms. The molecule has 1 amide bonds. The number of nitrogens with zero attached hydrogens (tertiary/aromatic N) is 1. The fourth-order valence-corrected chi connectivity index (χ4v) is 4.53. The van der Waals surface area contributed by atoms with Crippen molar-refractivity contribution in [3.05, 3.63) is 35.4 Å². The Labute approximate surface area is 139 Å². The lowest BCUT2D eigenvalue weighted by Crippen LogP contribution is -2.32. The average molecular weight is 336 g/mol. The minimum absolute atomic E-state index is 0.00675. The molecular weight excluding hydrogens is 316 g/mol. The summed E-state index contributed by atoms with van der Waals surface area (Å²) in [5, 5.41) is 3.00. The quantitative estimate of drug-likeness (QED) is 0.898. The maximum atomic E-state index is 12.4. The zero-order valence-corrected chi connectivity index (χ0v) is 14.0. The van der Waals surface area contributed by atoms with E-state index in [0.29, 0.717) is 6.54 Å². The minimum Gasteiger partial charge on any atom is -0.376 e. The summed E-state index contributed by atoms with van der Waals surface area (Å²) in [5.74, 6) is 1.86. The Morgan fingerprint density at radius 2 is 2.36 bits per heavy atom. The zero-order chi connectivity index (χ0) is 15.2. The van der Waals surface area contributed by atoms with Gasteiger partial charge in [-0.1, -0.05) is 41.7 Å². The number of carbonyl (C=O) groups excluding carboxylic acids is 1. The number of ether oxygens (including phenoxy) is 1. The fourth-order valence-electron chi connectivity index (χ4n) is 2.52. The van der Waals surface area contributed by atoms with Crippen LogP contribution >= 0.6 is 23.5 Å². The SMILES string of the molecule is O=C(NCC1CCCO1)c1ccccc1CSC1=NCCS1. The van der Waals surface area contributed by atoms with E-state index in [-0.39, 0.29) is 12.0 Å². The first kappa shape index (κ1) is 15.9. The lowest BCUT2D eigenvalue weighted by atomic mass is 10.1. The molecule has 0 bridgehead atoms. The van der Waals surface area contributed by atoms with Crippen LogP contribution in [0, 0.1) is 0 Å². The van der Waals surface area contributed by atoms with Crippen LogP contribution in [0.1, 0.15) is 28.8 Å². The summed E-state index contributed by atoms with van der Waals surface area (Å²) in [6, 6.07) is 7.81. The summed E-state index contributed by atoms with van der Waals surface area (Å²) in [6.07, 6.45) is 2.30. The van der Waals surface area contributed by atoms with E-state index < -0.39 is 0 Å². The zero-order valence-electron chi connectivity index (χ0n) is 12.4. The molecule has 3 rings (SSSR count). The van der Waals surface area contributed by atoms with Crippen molar-refractivity contribution in [3.8, 4) is 0 Å². The molecule has 118 valence electrons. The molecular formula is C16H20N2O2S2. The van der Waals surface area contributed by atoms with Crippen LogP contribution in [0.2, 0.25) is 0 Å². The molecule has 2 aliphatic rings. The highest BCUT2D eigenvalue weighted by Gasteiger charge is 2.18. The van der Waals surface area contributed by atoms with Crippen LogP contribution in [0.15, 0.2) is 29.3 Å². The van der Waals surface area contributed by atoms with Crippen molar-refractivity contribution in [3.63, 3.8) is 0 Å². The number of hydrogen-bond acceptors (Lipinski definition) is 5. The summed E-state index contributed by atoms with van der Waals surface area (Å²) < 4.78 is 6.68. The van der Waals surface area contributed by atoms with Gasteiger partial charge in [-0.3, -0.25) is 9.79 Å². The number of amides is 1. The highest BCUT2D eigenvalue weighted by Crippen LogP contribution is 2.26. The van der Waals surface area contributed by atoms with Crippen molar-refractivity contribution in [2.45, 2.75) is 24.7 Å². The van der Waals surface area contributed by atoms with E-state index in [9.17, 15) is 4.79 Å². The second kappa shape index (κ2) is 8.04. The van der Waals surface area contributed by atoms with Crippen molar-refractivity contribution < 1.29 is 9.53 Å². The van der Waals surface area contributed by atoms with Gasteiger partial charge < -0.3 is 10.1 Å². The van der Waals surface area contributed by atoms with Crippen LogP contribution in [0.5, 0.6) is 0 Å².